The number of hydrogen-bond donors (Lipinski definition) is 2. The number of rotatable bonds is 7. The maximum Gasteiger partial charge on any atom is 0.220 e. The van der Waals surface area contributed by atoms with Crippen LogP contribution in [-0.4, -0.2) is 33.4 Å². The number of aromatic nitrogens is 2. The third-order valence-corrected chi connectivity index (χ3v) is 3.21. The van der Waals surface area contributed by atoms with Gasteiger partial charge in [-0.25, -0.2) is 0 Å². The van der Waals surface area contributed by atoms with E-state index in [2.05, 4.69) is 10.4 Å². The molecule has 0 fully saturated rings. The zero-order valence-corrected chi connectivity index (χ0v) is 11.4. The summed E-state index contributed by atoms with van der Waals surface area (Å²) in [5, 5.41) is 16.5. The van der Waals surface area contributed by atoms with Crippen LogP contribution in [0, 0.1) is 5.92 Å². The van der Waals surface area contributed by atoms with Crippen LogP contribution in [0.4, 0.5) is 0 Å². The van der Waals surface area contributed by atoms with Gasteiger partial charge < -0.3 is 10.4 Å². The standard InChI is InChI=1S/C13H23N3O2/c1-4-10(2)12(17)8-14-13(18)6-5-11-7-15-16(3)9-11/h7,9-10,12,17H,4-6,8H2,1-3H3,(H,14,18). The molecule has 2 atom stereocenters. The van der Waals surface area contributed by atoms with Crippen molar-refractivity contribution in [2.75, 3.05) is 6.54 Å². The molecule has 2 unspecified atom stereocenters. The fourth-order valence-electron chi connectivity index (χ4n) is 1.64. The van der Waals surface area contributed by atoms with E-state index in [9.17, 15) is 9.90 Å². The van der Waals surface area contributed by atoms with Crippen molar-refractivity contribution in [1.29, 1.82) is 0 Å². The highest BCUT2D eigenvalue weighted by Crippen LogP contribution is 2.06. The molecule has 0 radical (unpaired) electrons. The Morgan fingerprint density at radius 1 is 1.61 bits per heavy atom. The Bertz CT molecular complexity index is 376. The first-order chi connectivity index (χ1) is 8.52. The number of aryl methyl sites for hydroxylation is 2. The molecule has 2 N–H and O–H groups in total. The molecule has 1 heterocycles. The number of hydrogen-bond acceptors (Lipinski definition) is 3. The van der Waals surface area contributed by atoms with Crippen LogP contribution < -0.4 is 5.32 Å². The van der Waals surface area contributed by atoms with Gasteiger partial charge in [-0.05, 0) is 17.9 Å². The molecule has 1 rings (SSSR count). The quantitative estimate of drug-likeness (QED) is 0.758. The second kappa shape index (κ2) is 7.16. The molecular weight excluding hydrogens is 230 g/mol. The predicted molar refractivity (Wildman–Crippen MR) is 70.0 cm³/mol. The third-order valence-electron chi connectivity index (χ3n) is 3.21. The Kier molecular flexibility index (Phi) is 5.85. The van der Waals surface area contributed by atoms with Crippen molar-refractivity contribution in [3.8, 4) is 0 Å². The van der Waals surface area contributed by atoms with Crippen LogP contribution in [-0.2, 0) is 18.3 Å². The Labute approximate surface area is 108 Å². The smallest absolute Gasteiger partial charge is 0.220 e. The molecule has 1 aromatic rings. The first-order valence-electron chi connectivity index (χ1n) is 6.45. The third kappa shape index (κ3) is 4.87. The average Bonchev–Trinajstić information content (AvgIpc) is 2.78. The van der Waals surface area contributed by atoms with Crippen LogP contribution in [0.25, 0.3) is 0 Å². The summed E-state index contributed by atoms with van der Waals surface area (Å²) in [7, 11) is 1.85. The van der Waals surface area contributed by atoms with Gasteiger partial charge >= 0.3 is 0 Å². The maximum absolute atomic E-state index is 11.6. The van der Waals surface area contributed by atoms with Gasteiger partial charge in [-0.3, -0.25) is 9.48 Å². The van der Waals surface area contributed by atoms with Gasteiger partial charge in [-0.15, -0.1) is 0 Å². The summed E-state index contributed by atoms with van der Waals surface area (Å²) in [4.78, 5) is 11.6. The maximum atomic E-state index is 11.6. The molecule has 0 aromatic carbocycles. The molecule has 0 saturated carbocycles. The van der Waals surface area contributed by atoms with E-state index in [4.69, 9.17) is 0 Å². The number of amides is 1. The zero-order valence-electron chi connectivity index (χ0n) is 11.4. The lowest BCUT2D eigenvalue weighted by Gasteiger charge is -2.17. The monoisotopic (exact) mass is 253 g/mol. The lowest BCUT2D eigenvalue weighted by Crippen LogP contribution is -2.35. The average molecular weight is 253 g/mol. The first-order valence-corrected chi connectivity index (χ1v) is 6.45. The van der Waals surface area contributed by atoms with Crippen molar-refractivity contribution < 1.29 is 9.90 Å². The summed E-state index contributed by atoms with van der Waals surface area (Å²) in [5.74, 6) is 0.185. The number of carbonyl (C=O) groups is 1. The van der Waals surface area contributed by atoms with E-state index < -0.39 is 6.10 Å². The van der Waals surface area contributed by atoms with E-state index in [-0.39, 0.29) is 11.8 Å². The van der Waals surface area contributed by atoms with E-state index >= 15 is 0 Å². The molecule has 1 amide bonds. The zero-order chi connectivity index (χ0) is 13.5. The van der Waals surface area contributed by atoms with Gasteiger partial charge in [0.25, 0.3) is 0 Å². The topological polar surface area (TPSA) is 67.2 Å². The fraction of sp³-hybridized carbons (Fsp3) is 0.692. The van der Waals surface area contributed by atoms with Crippen LogP contribution in [0.3, 0.4) is 0 Å². The molecule has 102 valence electrons. The number of aliphatic hydroxyl groups is 1. The Morgan fingerprint density at radius 3 is 2.89 bits per heavy atom. The number of aliphatic hydroxyl groups excluding tert-OH is 1. The summed E-state index contributed by atoms with van der Waals surface area (Å²) in [6.45, 7) is 4.34. The lowest BCUT2D eigenvalue weighted by molar-refractivity contribution is -0.121. The number of nitrogens with one attached hydrogen (secondary N) is 1. The summed E-state index contributed by atoms with van der Waals surface area (Å²) < 4.78 is 1.72. The number of carbonyl (C=O) groups excluding carboxylic acids is 1. The fourth-order valence-corrected chi connectivity index (χ4v) is 1.64. The van der Waals surface area contributed by atoms with Crippen LogP contribution in [0.15, 0.2) is 12.4 Å². The Hall–Kier alpha value is -1.36. The normalized spacial score (nSPS) is 14.2. The van der Waals surface area contributed by atoms with Crippen molar-refractivity contribution in [3.05, 3.63) is 18.0 Å². The van der Waals surface area contributed by atoms with Crippen LogP contribution in [0.2, 0.25) is 0 Å². The van der Waals surface area contributed by atoms with E-state index in [0.29, 0.717) is 19.4 Å². The molecule has 0 spiro atoms. The minimum absolute atomic E-state index is 0.0267. The summed E-state index contributed by atoms with van der Waals surface area (Å²) in [5.41, 5.74) is 1.05. The van der Waals surface area contributed by atoms with Crippen molar-refractivity contribution in [2.24, 2.45) is 13.0 Å². The number of nitrogens with zero attached hydrogens (tertiary/aromatic N) is 2. The molecule has 5 nitrogen and oxygen atoms in total. The Morgan fingerprint density at radius 2 is 2.33 bits per heavy atom. The van der Waals surface area contributed by atoms with Crippen molar-refractivity contribution in [3.63, 3.8) is 0 Å². The molecule has 0 bridgehead atoms. The molecule has 5 heteroatoms. The van der Waals surface area contributed by atoms with E-state index in [1.54, 1.807) is 10.9 Å². The largest absolute Gasteiger partial charge is 0.391 e. The van der Waals surface area contributed by atoms with Crippen molar-refractivity contribution in [2.45, 2.75) is 39.2 Å². The van der Waals surface area contributed by atoms with Crippen LogP contribution >= 0.6 is 0 Å². The minimum Gasteiger partial charge on any atom is -0.391 e. The first kappa shape index (κ1) is 14.7. The van der Waals surface area contributed by atoms with Gasteiger partial charge in [0, 0.05) is 26.2 Å². The highest BCUT2D eigenvalue weighted by molar-refractivity contribution is 5.76. The van der Waals surface area contributed by atoms with Gasteiger partial charge in [0.05, 0.1) is 12.3 Å². The van der Waals surface area contributed by atoms with E-state index in [0.717, 1.165) is 12.0 Å². The second-order valence-electron chi connectivity index (χ2n) is 4.78. The van der Waals surface area contributed by atoms with Gasteiger partial charge in [-0.2, -0.15) is 5.10 Å². The van der Waals surface area contributed by atoms with Gasteiger partial charge in [0.1, 0.15) is 0 Å². The molecule has 1 aromatic heterocycles. The molecule has 0 aliphatic rings. The molecule has 0 aliphatic heterocycles. The summed E-state index contributed by atoms with van der Waals surface area (Å²) >= 11 is 0. The SMILES string of the molecule is CCC(C)C(O)CNC(=O)CCc1cnn(C)c1. The van der Waals surface area contributed by atoms with Gasteiger partial charge in [-0.1, -0.05) is 20.3 Å². The summed E-state index contributed by atoms with van der Waals surface area (Å²) in [6.07, 6.45) is 5.23. The highest BCUT2D eigenvalue weighted by Gasteiger charge is 2.13. The molecular formula is C13H23N3O2. The van der Waals surface area contributed by atoms with E-state index in [1.165, 1.54) is 0 Å². The predicted octanol–water partition coefficient (Wildman–Crippen LogP) is 0.876. The highest BCUT2D eigenvalue weighted by atomic mass is 16.3. The van der Waals surface area contributed by atoms with Gasteiger partial charge in [0.2, 0.25) is 5.91 Å². The summed E-state index contributed by atoms with van der Waals surface area (Å²) in [6, 6.07) is 0. The van der Waals surface area contributed by atoms with Crippen LogP contribution in [0.1, 0.15) is 32.3 Å². The second-order valence-corrected chi connectivity index (χ2v) is 4.78. The lowest BCUT2D eigenvalue weighted by atomic mass is 10.0. The van der Waals surface area contributed by atoms with Crippen molar-refractivity contribution in [1.82, 2.24) is 15.1 Å². The molecule has 0 saturated heterocycles. The van der Waals surface area contributed by atoms with E-state index in [1.807, 2.05) is 27.1 Å². The Balaban J connectivity index is 2.22. The molecule has 18 heavy (non-hydrogen) atoms. The van der Waals surface area contributed by atoms with Gasteiger partial charge in [0.15, 0.2) is 0 Å². The minimum atomic E-state index is -0.461. The molecule has 0 aliphatic carbocycles. The van der Waals surface area contributed by atoms with Crippen molar-refractivity contribution >= 4 is 5.91 Å². The van der Waals surface area contributed by atoms with Crippen LogP contribution in [0.5, 0.6) is 0 Å².